The van der Waals surface area contributed by atoms with Gasteiger partial charge in [0.15, 0.2) is 0 Å². The number of hydrogen-bond donors (Lipinski definition) is 1. The lowest BCUT2D eigenvalue weighted by atomic mass is 9.87. The Labute approximate surface area is 115 Å². The highest BCUT2D eigenvalue weighted by atomic mass is 16.5. The lowest BCUT2D eigenvalue weighted by molar-refractivity contribution is 0.374. The van der Waals surface area contributed by atoms with Crippen LogP contribution in [0.2, 0.25) is 0 Å². The van der Waals surface area contributed by atoms with Gasteiger partial charge >= 0.3 is 0 Å². The van der Waals surface area contributed by atoms with E-state index in [1.807, 2.05) is 18.2 Å². The maximum atomic E-state index is 9.32. The third-order valence-electron chi connectivity index (χ3n) is 3.25. The summed E-state index contributed by atoms with van der Waals surface area (Å²) in [6.07, 6.45) is 1.57. The van der Waals surface area contributed by atoms with Gasteiger partial charge in [0, 0.05) is 11.6 Å². The van der Waals surface area contributed by atoms with Crippen LogP contribution in [0.1, 0.15) is 17.2 Å². The highest BCUT2D eigenvalue weighted by Crippen LogP contribution is 2.43. The molecule has 2 heterocycles. The average Bonchev–Trinajstić information content (AvgIpc) is 2.98. The van der Waals surface area contributed by atoms with Crippen LogP contribution >= 0.6 is 0 Å². The van der Waals surface area contributed by atoms with E-state index >= 15 is 0 Å². The summed E-state index contributed by atoms with van der Waals surface area (Å²) in [5.41, 5.74) is 7.02. The Morgan fingerprint density at radius 2 is 2.20 bits per heavy atom. The van der Waals surface area contributed by atoms with Gasteiger partial charge in [-0.05, 0) is 18.2 Å². The Morgan fingerprint density at radius 1 is 1.35 bits per heavy atom. The standard InChI is InChI=1S/C15H12N2O3/c1-18-9-4-5-10-13(7-9)20-15(17)11(8-16)14(10)12-3-2-6-19-12/h2-7,14H,17H2,1H3/t14-/m0/s1. The Kier molecular flexibility index (Phi) is 2.84. The molecule has 20 heavy (non-hydrogen) atoms. The van der Waals surface area contributed by atoms with Crippen LogP contribution in [-0.2, 0) is 0 Å². The van der Waals surface area contributed by atoms with E-state index in [-0.39, 0.29) is 11.8 Å². The summed E-state index contributed by atoms with van der Waals surface area (Å²) in [6, 6.07) is 11.1. The Balaban J connectivity index is 2.19. The van der Waals surface area contributed by atoms with Crippen molar-refractivity contribution in [2.75, 3.05) is 7.11 Å². The fraction of sp³-hybridized carbons (Fsp3) is 0.133. The molecule has 1 aliphatic rings. The Bertz CT molecular complexity index is 711. The topological polar surface area (TPSA) is 81.4 Å². The normalized spacial score (nSPS) is 17.1. The van der Waals surface area contributed by atoms with Crippen molar-refractivity contribution < 1.29 is 13.9 Å². The number of nitriles is 1. The van der Waals surface area contributed by atoms with Crippen LogP contribution in [0, 0.1) is 11.3 Å². The van der Waals surface area contributed by atoms with Gasteiger partial charge in [0.2, 0.25) is 5.88 Å². The number of nitrogens with zero attached hydrogens (tertiary/aromatic N) is 1. The van der Waals surface area contributed by atoms with E-state index < -0.39 is 0 Å². The molecule has 1 aromatic heterocycles. The van der Waals surface area contributed by atoms with Crippen molar-refractivity contribution in [2.45, 2.75) is 5.92 Å². The number of nitrogens with two attached hydrogens (primary N) is 1. The van der Waals surface area contributed by atoms with Gasteiger partial charge in [-0.1, -0.05) is 6.07 Å². The predicted molar refractivity (Wildman–Crippen MR) is 71.0 cm³/mol. The summed E-state index contributed by atoms with van der Waals surface area (Å²) in [5.74, 6) is 1.62. The molecule has 0 fully saturated rings. The number of ether oxygens (including phenoxy) is 2. The molecule has 100 valence electrons. The summed E-state index contributed by atoms with van der Waals surface area (Å²) < 4.78 is 16.1. The van der Waals surface area contributed by atoms with Crippen LogP contribution in [0.5, 0.6) is 11.5 Å². The molecular formula is C15H12N2O3. The molecule has 1 aromatic carbocycles. The van der Waals surface area contributed by atoms with Gasteiger partial charge in [0.05, 0.1) is 19.3 Å². The highest BCUT2D eigenvalue weighted by Gasteiger charge is 2.32. The summed E-state index contributed by atoms with van der Waals surface area (Å²) in [4.78, 5) is 0. The van der Waals surface area contributed by atoms with E-state index in [1.54, 1.807) is 25.5 Å². The lowest BCUT2D eigenvalue weighted by Gasteiger charge is -2.25. The van der Waals surface area contributed by atoms with Gasteiger partial charge in [0.1, 0.15) is 28.9 Å². The number of furan rings is 1. The van der Waals surface area contributed by atoms with E-state index in [0.717, 1.165) is 5.56 Å². The first-order valence-corrected chi connectivity index (χ1v) is 6.03. The van der Waals surface area contributed by atoms with E-state index in [9.17, 15) is 5.26 Å². The van der Waals surface area contributed by atoms with Crippen LogP contribution in [0.4, 0.5) is 0 Å². The van der Waals surface area contributed by atoms with Gasteiger partial charge in [0.25, 0.3) is 0 Å². The van der Waals surface area contributed by atoms with Crippen LogP contribution in [0.25, 0.3) is 0 Å². The summed E-state index contributed by atoms with van der Waals surface area (Å²) in [5, 5.41) is 9.32. The van der Waals surface area contributed by atoms with E-state index in [4.69, 9.17) is 19.6 Å². The largest absolute Gasteiger partial charge is 0.497 e. The van der Waals surface area contributed by atoms with Gasteiger partial charge in [-0.15, -0.1) is 0 Å². The quantitative estimate of drug-likeness (QED) is 0.905. The van der Waals surface area contributed by atoms with Gasteiger partial charge in [-0.25, -0.2) is 0 Å². The molecule has 0 amide bonds. The molecule has 1 aliphatic heterocycles. The number of fused-ring (bicyclic) bond motifs is 1. The number of hydrogen-bond acceptors (Lipinski definition) is 5. The van der Waals surface area contributed by atoms with Crippen LogP contribution in [0.15, 0.2) is 52.5 Å². The average molecular weight is 268 g/mol. The third kappa shape index (κ3) is 1.79. The number of rotatable bonds is 2. The van der Waals surface area contributed by atoms with Gasteiger partial charge in [-0.2, -0.15) is 5.26 Å². The maximum absolute atomic E-state index is 9.32. The zero-order valence-electron chi connectivity index (χ0n) is 10.8. The monoisotopic (exact) mass is 268 g/mol. The molecule has 0 spiro atoms. The molecule has 0 radical (unpaired) electrons. The van der Waals surface area contributed by atoms with Crippen LogP contribution in [-0.4, -0.2) is 7.11 Å². The van der Waals surface area contributed by atoms with Crippen molar-refractivity contribution in [3.05, 3.63) is 59.4 Å². The molecule has 5 heteroatoms. The SMILES string of the molecule is COc1ccc2c(c1)OC(N)=C(C#N)[C@H]2c1ccco1. The van der Waals surface area contributed by atoms with Crippen molar-refractivity contribution in [1.29, 1.82) is 5.26 Å². The smallest absolute Gasteiger partial charge is 0.205 e. The molecular weight excluding hydrogens is 256 g/mol. The fourth-order valence-electron chi connectivity index (χ4n) is 2.31. The van der Waals surface area contributed by atoms with E-state index in [1.165, 1.54) is 0 Å². The van der Waals surface area contributed by atoms with E-state index in [2.05, 4.69) is 6.07 Å². The first-order chi connectivity index (χ1) is 9.74. The zero-order valence-corrected chi connectivity index (χ0v) is 10.8. The second-order valence-corrected chi connectivity index (χ2v) is 4.34. The molecule has 1 atom stereocenters. The molecule has 0 bridgehead atoms. The zero-order chi connectivity index (χ0) is 14.1. The van der Waals surface area contributed by atoms with Crippen molar-refractivity contribution in [1.82, 2.24) is 0 Å². The predicted octanol–water partition coefficient (Wildman–Crippen LogP) is 2.51. The fourth-order valence-corrected chi connectivity index (χ4v) is 2.31. The first kappa shape index (κ1) is 12.2. The number of benzene rings is 1. The molecule has 0 saturated carbocycles. The highest BCUT2D eigenvalue weighted by molar-refractivity contribution is 5.55. The van der Waals surface area contributed by atoms with Crippen LogP contribution < -0.4 is 15.2 Å². The third-order valence-corrected chi connectivity index (χ3v) is 3.25. The molecule has 0 unspecified atom stereocenters. The Hall–Kier alpha value is -2.87. The van der Waals surface area contributed by atoms with Crippen molar-refractivity contribution >= 4 is 0 Å². The van der Waals surface area contributed by atoms with Crippen molar-refractivity contribution in [2.24, 2.45) is 5.73 Å². The summed E-state index contributed by atoms with van der Waals surface area (Å²) in [7, 11) is 1.58. The first-order valence-electron chi connectivity index (χ1n) is 6.03. The molecule has 0 aliphatic carbocycles. The van der Waals surface area contributed by atoms with E-state index in [0.29, 0.717) is 22.8 Å². The number of allylic oxidation sites excluding steroid dienone is 1. The Morgan fingerprint density at radius 3 is 2.85 bits per heavy atom. The second-order valence-electron chi connectivity index (χ2n) is 4.34. The molecule has 3 rings (SSSR count). The molecule has 2 aromatic rings. The lowest BCUT2D eigenvalue weighted by Crippen LogP contribution is -2.20. The van der Waals surface area contributed by atoms with Gasteiger partial charge < -0.3 is 19.6 Å². The second kappa shape index (κ2) is 4.67. The minimum absolute atomic E-state index is 0.0923. The molecule has 5 nitrogen and oxygen atoms in total. The minimum Gasteiger partial charge on any atom is -0.497 e. The van der Waals surface area contributed by atoms with Crippen molar-refractivity contribution in [3.8, 4) is 17.6 Å². The molecule has 2 N–H and O–H groups in total. The van der Waals surface area contributed by atoms with Crippen molar-refractivity contribution in [3.63, 3.8) is 0 Å². The van der Waals surface area contributed by atoms with Crippen LogP contribution in [0.3, 0.4) is 0 Å². The van der Waals surface area contributed by atoms with Gasteiger partial charge in [-0.3, -0.25) is 0 Å². The maximum Gasteiger partial charge on any atom is 0.205 e. The number of methoxy groups -OCH3 is 1. The summed E-state index contributed by atoms with van der Waals surface area (Å²) >= 11 is 0. The summed E-state index contributed by atoms with van der Waals surface area (Å²) in [6.45, 7) is 0. The minimum atomic E-state index is -0.357. The molecule has 0 saturated heterocycles.